The fourth-order valence-electron chi connectivity index (χ4n) is 4.13. The minimum Gasteiger partial charge on any atom is -0.354 e. The number of aryl methyl sites for hydroxylation is 1. The van der Waals surface area contributed by atoms with E-state index in [1.165, 1.54) is 49.4 Å². The Balaban J connectivity index is 2.07. The third-order valence-corrected chi connectivity index (χ3v) is 8.43. The first-order valence-corrected chi connectivity index (χ1v) is 14.8. The number of hydrogen-bond donors (Lipinski definition) is 1. The summed E-state index contributed by atoms with van der Waals surface area (Å²) in [6.07, 6.45) is -3.30. The van der Waals surface area contributed by atoms with Crippen LogP contribution in [0.1, 0.15) is 43.4 Å². The van der Waals surface area contributed by atoms with Crippen molar-refractivity contribution in [2.75, 3.05) is 17.4 Å². The van der Waals surface area contributed by atoms with Gasteiger partial charge < -0.3 is 10.2 Å². The third kappa shape index (κ3) is 8.09. The van der Waals surface area contributed by atoms with Crippen molar-refractivity contribution in [3.8, 4) is 0 Å². The van der Waals surface area contributed by atoms with Crippen LogP contribution in [0, 0.1) is 12.7 Å². The Morgan fingerprint density at radius 3 is 2.26 bits per heavy atom. The van der Waals surface area contributed by atoms with Gasteiger partial charge in [0.2, 0.25) is 11.8 Å². The maximum atomic E-state index is 14.6. The molecule has 0 radical (unpaired) electrons. The van der Waals surface area contributed by atoms with Crippen molar-refractivity contribution < 1.29 is 35.6 Å². The van der Waals surface area contributed by atoms with Gasteiger partial charge in [-0.2, -0.15) is 13.2 Å². The number of anilines is 1. The van der Waals surface area contributed by atoms with E-state index in [1.807, 2.05) is 6.92 Å². The average molecular weight is 608 g/mol. The molecule has 12 heteroatoms. The number of amides is 2. The van der Waals surface area contributed by atoms with Crippen molar-refractivity contribution in [1.82, 2.24) is 10.2 Å². The normalized spacial score (nSPS) is 12.5. The molecule has 0 spiro atoms. The van der Waals surface area contributed by atoms with E-state index in [4.69, 9.17) is 0 Å². The lowest BCUT2D eigenvalue weighted by Gasteiger charge is -2.32. The molecule has 0 saturated heterocycles. The molecule has 3 aromatic rings. The highest BCUT2D eigenvalue weighted by Crippen LogP contribution is 2.33. The molecule has 7 nitrogen and oxygen atoms in total. The molecule has 42 heavy (non-hydrogen) atoms. The van der Waals surface area contributed by atoms with Gasteiger partial charge >= 0.3 is 6.18 Å². The van der Waals surface area contributed by atoms with E-state index in [1.54, 1.807) is 13.0 Å². The van der Waals surface area contributed by atoms with Gasteiger partial charge in [-0.1, -0.05) is 55.3 Å². The summed E-state index contributed by atoms with van der Waals surface area (Å²) >= 11 is 0. The standard InChI is InChI=1S/C30H33F4N3O4S/c1-4-5-17-35-29(39)22(3)36(19-23-9-6-7-12-27(23)31)28(38)20-37(25-11-8-10-24(18-25)30(32,33)34)42(40,41)26-15-13-21(2)14-16-26/h6-16,18,22H,4-5,17,19-20H2,1-3H3,(H,35,39). The number of carbonyl (C=O) groups is 2. The van der Waals surface area contributed by atoms with Crippen LogP contribution in [-0.2, 0) is 32.3 Å². The van der Waals surface area contributed by atoms with Crippen molar-refractivity contribution in [3.63, 3.8) is 0 Å². The van der Waals surface area contributed by atoms with Gasteiger partial charge in [0.05, 0.1) is 16.1 Å². The van der Waals surface area contributed by atoms with Crippen LogP contribution in [-0.4, -0.2) is 44.3 Å². The summed E-state index contributed by atoms with van der Waals surface area (Å²) in [7, 11) is -4.56. The Kier molecular flexibility index (Phi) is 10.7. The molecule has 0 bridgehead atoms. The monoisotopic (exact) mass is 607 g/mol. The molecule has 0 fully saturated rings. The van der Waals surface area contributed by atoms with Gasteiger partial charge in [-0.25, -0.2) is 12.8 Å². The topological polar surface area (TPSA) is 86.8 Å². The number of alkyl halides is 3. The molecule has 2 amide bonds. The van der Waals surface area contributed by atoms with Gasteiger partial charge in [0.25, 0.3) is 10.0 Å². The van der Waals surface area contributed by atoms with E-state index < -0.39 is 57.7 Å². The van der Waals surface area contributed by atoms with E-state index in [0.29, 0.717) is 23.3 Å². The Hall–Kier alpha value is -3.93. The van der Waals surface area contributed by atoms with Gasteiger partial charge in [-0.3, -0.25) is 13.9 Å². The average Bonchev–Trinajstić information content (AvgIpc) is 2.94. The number of unbranched alkanes of at least 4 members (excludes halogenated alkanes) is 1. The summed E-state index contributed by atoms with van der Waals surface area (Å²) in [6, 6.07) is 13.7. The summed E-state index contributed by atoms with van der Waals surface area (Å²) in [4.78, 5) is 27.5. The molecule has 0 heterocycles. The van der Waals surface area contributed by atoms with Crippen LogP contribution in [0.2, 0.25) is 0 Å². The maximum Gasteiger partial charge on any atom is 0.416 e. The molecule has 0 saturated carbocycles. The Morgan fingerprint density at radius 1 is 0.976 bits per heavy atom. The molecule has 1 atom stereocenters. The van der Waals surface area contributed by atoms with Gasteiger partial charge in [0.1, 0.15) is 18.4 Å². The summed E-state index contributed by atoms with van der Waals surface area (Å²) in [6.45, 7) is 4.09. The fourth-order valence-corrected chi connectivity index (χ4v) is 5.54. The molecule has 0 aliphatic rings. The fraction of sp³-hybridized carbons (Fsp3) is 0.333. The number of sulfonamides is 1. The quantitative estimate of drug-likeness (QED) is 0.212. The second-order valence-corrected chi connectivity index (χ2v) is 11.7. The minimum atomic E-state index is -4.78. The number of carbonyl (C=O) groups excluding carboxylic acids is 2. The number of halogens is 4. The van der Waals surface area contributed by atoms with E-state index >= 15 is 0 Å². The molecule has 0 aliphatic carbocycles. The SMILES string of the molecule is CCCCNC(=O)C(C)N(Cc1ccccc1F)C(=O)CN(c1cccc(C(F)(F)F)c1)S(=O)(=O)c1ccc(C)cc1. The first-order chi connectivity index (χ1) is 19.8. The first kappa shape index (κ1) is 32.6. The zero-order valence-corrected chi connectivity index (χ0v) is 24.3. The Bertz CT molecular complexity index is 1490. The Morgan fingerprint density at radius 2 is 1.64 bits per heavy atom. The molecule has 0 aromatic heterocycles. The zero-order valence-electron chi connectivity index (χ0n) is 23.5. The second-order valence-electron chi connectivity index (χ2n) is 9.81. The van der Waals surface area contributed by atoms with Crippen molar-refractivity contribution in [1.29, 1.82) is 0 Å². The van der Waals surface area contributed by atoms with Crippen LogP contribution in [0.25, 0.3) is 0 Å². The smallest absolute Gasteiger partial charge is 0.354 e. The second kappa shape index (κ2) is 13.8. The highest BCUT2D eigenvalue weighted by Gasteiger charge is 2.35. The van der Waals surface area contributed by atoms with Crippen LogP contribution in [0.3, 0.4) is 0 Å². The largest absolute Gasteiger partial charge is 0.416 e. The molecule has 3 aromatic carbocycles. The van der Waals surface area contributed by atoms with Crippen LogP contribution in [0.4, 0.5) is 23.2 Å². The molecule has 1 N–H and O–H groups in total. The maximum absolute atomic E-state index is 14.6. The van der Waals surface area contributed by atoms with E-state index in [9.17, 15) is 35.6 Å². The van der Waals surface area contributed by atoms with Gasteiger partial charge in [0.15, 0.2) is 0 Å². The summed E-state index contributed by atoms with van der Waals surface area (Å²) < 4.78 is 83.4. The lowest BCUT2D eigenvalue weighted by Crippen LogP contribution is -2.51. The van der Waals surface area contributed by atoms with Gasteiger partial charge in [0, 0.05) is 18.7 Å². The predicted molar refractivity (Wildman–Crippen MR) is 151 cm³/mol. The summed E-state index contributed by atoms with van der Waals surface area (Å²) in [5.74, 6) is -2.10. The molecule has 1 unspecified atom stereocenters. The van der Waals surface area contributed by atoms with E-state index in [2.05, 4.69) is 5.32 Å². The van der Waals surface area contributed by atoms with Gasteiger partial charge in [-0.05, 0) is 56.7 Å². The van der Waals surface area contributed by atoms with Crippen LogP contribution < -0.4 is 9.62 Å². The molecule has 226 valence electrons. The molecular weight excluding hydrogens is 574 g/mol. The lowest BCUT2D eigenvalue weighted by atomic mass is 10.1. The summed E-state index contributed by atoms with van der Waals surface area (Å²) in [5, 5.41) is 2.71. The first-order valence-electron chi connectivity index (χ1n) is 13.3. The number of benzene rings is 3. The molecule has 3 rings (SSSR count). The highest BCUT2D eigenvalue weighted by atomic mass is 32.2. The number of nitrogens with one attached hydrogen (secondary N) is 1. The number of nitrogens with zero attached hydrogens (tertiary/aromatic N) is 2. The van der Waals surface area contributed by atoms with Crippen LogP contribution in [0.5, 0.6) is 0 Å². The highest BCUT2D eigenvalue weighted by molar-refractivity contribution is 7.92. The van der Waals surface area contributed by atoms with Crippen molar-refractivity contribution in [2.24, 2.45) is 0 Å². The number of rotatable bonds is 12. The van der Waals surface area contributed by atoms with Crippen molar-refractivity contribution in [2.45, 2.75) is 57.3 Å². The Labute approximate surface area is 243 Å². The number of hydrogen-bond acceptors (Lipinski definition) is 4. The summed E-state index contributed by atoms with van der Waals surface area (Å²) in [5.41, 5.74) is -0.686. The molecular formula is C30H33F4N3O4S. The predicted octanol–water partition coefficient (Wildman–Crippen LogP) is 5.68. The van der Waals surface area contributed by atoms with E-state index in [-0.39, 0.29) is 17.0 Å². The van der Waals surface area contributed by atoms with Gasteiger partial charge in [-0.15, -0.1) is 0 Å². The minimum absolute atomic E-state index is 0.0751. The third-order valence-electron chi connectivity index (χ3n) is 6.64. The van der Waals surface area contributed by atoms with Crippen molar-refractivity contribution in [3.05, 3.63) is 95.3 Å². The van der Waals surface area contributed by atoms with Crippen molar-refractivity contribution >= 4 is 27.5 Å². The molecule has 0 aliphatic heterocycles. The van der Waals surface area contributed by atoms with Crippen LogP contribution in [0.15, 0.2) is 77.7 Å². The van der Waals surface area contributed by atoms with Crippen LogP contribution >= 0.6 is 0 Å². The van der Waals surface area contributed by atoms with E-state index in [0.717, 1.165) is 35.1 Å². The zero-order chi connectivity index (χ0) is 31.1. The lowest BCUT2D eigenvalue weighted by molar-refractivity contribution is -0.139.